The Labute approximate surface area is 130 Å². The van der Waals surface area contributed by atoms with Crippen LogP contribution in [0.3, 0.4) is 0 Å². The number of carbonyl (C=O) groups is 1. The van der Waals surface area contributed by atoms with Crippen molar-refractivity contribution in [2.45, 2.75) is 51.2 Å². The van der Waals surface area contributed by atoms with E-state index in [0.717, 1.165) is 5.56 Å². The quantitative estimate of drug-likeness (QED) is 0.860. The summed E-state index contributed by atoms with van der Waals surface area (Å²) in [7, 11) is -3.89. The molecular formula is C14H20ClNO4S. The van der Waals surface area contributed by atoms with Crippen molar-refractivity contribution in [3.05, 3.63) is 28.8 Å². The predicted molar refractivity (Wildman–Crippen MR) is 81.8 cm³/mol. The number of hydrogen-bond donors (Lipinski definition) is 1. The van der Waals surface area contributed by atoms with Gasteiger partial charge in [0, 0.05) is 0 Å². The minimum absolute atomic E-state index is 0.0647. The molecule has 21 heavy (non-hydrogen) atoms. The van der Waals surface area contributed by atoms with Crippen LogP contribution in [0.2, 0.25) is 5.02 Å². The number of carbonyl (C=O) groups excluding carboxylic acids is 1. The monoisotopic (exact) mass is 333 g/mol. The summed E-state index contributed by atoms with van der Waals surface area (Å²) in [6.45, 7) is 8.36. The third kappa shape index (κ3) is 5.30. The predicted octanol–water partition coefficient (Wildman–Crippen LogP) is 2.66. The summed E-state index contributed by atoms with van der Waals surface area (Å²) in [5.41, 5.74) is 0.164. The van der Waals surface area contributed by atoms with E-state index in [-0.39, 0.29) is 9.92 Å². The molecule has 1 aromatic carbocycles. The highest BCUT2D eigenvalue weighted by molar-refractivity contribution is 7.89. The molecule has 0 aliphatic rings. The van der Waals surface area contributed by atoms with E-state index in [4.69, 9.17) is 16.3 Å². The first-order chi connectivity index (χ1) is 9.42. The molecule has 0 heterocycles. The number of esters is 1. The van der Waals surface area contributed by atoms with E-state index < -0.39 is 27.6 Å². The van der Waals surface area contributed by atoms with Crippen LogP contribution in [0, 0.1) is 6.92 Å². The first-order valence-electron chi connectivity index (χ1n) is 6.44. The van der Waals surface area contributed by atoms with Crippen molar-refractivity contribution in [2.24, 2.45) is 0 Å². The summed E-state index contributed by atoms with van der Waals surface area (Å²) < 4.78 is 31.9. The maximum Gasteiger partial charge on any atom is 0.324 e. The maximum absolute atomic E-state index is 12.2. The highest BCUT2D eigenvalue weighted by Gasteiger charge is 2.27. The Balaban J connectivity index is 2.92. The standard InChI is InChI=1S/C14H20ClNO4S/c1-9-6-7-12(11(15)8-9)21(18,19)16-10(2)13(17)20-14(3,4)5/h6-8,10,16H,1-5H3/t10-/m0/s1. The van der Waals surface area contributed by atoms with Gasteiger partial charge in [-0.25, -0.2) is 8.42 Å². The van der Waals surface area contributed by atoms with Crippen LogP contribution in [0.5, 0.6) is 0 Å². The Hall–Kier alpha value is -1.11. The van der Waals surface area contributed by atoms with Gasteiger partial charge < -0.3 is 4.74 Å². The lowest BCUT2D eigenvalue weighted by atomic mass is 10.2. The van der Waals surface area contributed by atoms with Crippen molar-refractivity contribution in [1.29, 1.82) is 0 Å². The van der Waals surface area contributed by atoms with Gasteiger partial charge in [0.15, 0.2) is 0 Å². The van der Waals surface area contributed by atoms with E-state index in [0.29, 0.717) is 0 Å². The zero-order valence-corrected chi connectivity index (χ0v) is 14.3. The third-order valence-electron chi connectivity index (χ3n) is 2.47. The molecule has 0 aliphatic heterocycles. The van der Waals surface area contributed by atoms with E-state index >= 15 is 0 Å². The van der Waals surface area contributed by atoms with Gasteiger partial charge in [-0.05, 0) is 52.3 Å². The van der Waals surface area contributed by atoms with E-state index in [1.165, 1.54) is 13.0 Å². The van der Waals surface area contributed by atoms with E-state index in [2.05, 4.69) is 4.72 Å². The molecule has 0 radical (unpaired) electrons. The largest absolute Gasteiger partial charge is 0.459 e. The molecule has 1 atom stereocenters. The fourth-order valence-electron chi connectivity index (χ4n) is 1.56. The molecule has 0 spiro atoms. The van der Waals surface area contributed by atoms with Crippen LogP contribution < -0.4 is 4.72 Å². The molecule has 0 aliphatic carbocycles. The smallest absolute Gasteiger partial charge is 0.324 e. The van der Waals surface area contributed by atoms with Gasteiger partial charge in [-0.2, -0.15) is 4.72 Å². The fourth-order valence-corrected chi connectivity index (χ4v) is 3.35. The van der Waals surface area contributed by atoms with Crippen molar-refractivity contribution in [3.8, 4) is 0 Å². The molecule has 0 fully saturated rings. The molecule has 5 nitrogen and oxygen atoms in total. The molecule has 7 heteroatoms. The van der Waals surface area contributed by atoms with E-state index in [9.17, 15) is 13.2 Å². The van der Waals surface area contributed by atoms with Crippen LogP contribution in [0.15, 0.2) is 23.1 Å². The molecule has 0 amide bonds. The van der Waals surface area contributed by atoms with Crippen LogP contribution in [0.1, 0.15) is 33.3 Å². The second-order valence-corrected chi connectivity index (χ2v) is 7.90. The topological polar surface area (TPSA) is 72.5 Å². The summed E-state index contributed by atoms with van der Waals surface area (Å²) in [5.74, 6) is -0.644. The normalized spacial score (nSPS) is 13.8. The second kappa shape index (κ2) is 6.34. The maximum atomic E-state index is 12.2. The SMILES string of the molecule is Cc1ccc(S(=O)(=O)N[C@@H](C)C(=O)OC(C)(C)C)c(Cl)c1. The number of halogens is 1. The minimum atomic E-state index is -3.89. The van der Waals surface area contributed by atoms with Crippen molar-refractivity contribution in [2.75, 3.05) is 0 Å². The number of ether oxygens (including phenoxy) is 1. The number of sulfonamides is 1. The van der Waals surface area contributed by atoms with Crippen molar-refractivity contribution in [3.63, 3.8) is 0 Å². The number of aryl methyl sites for hydroxylation is 1. The second-order valence-electron chi connectivity index (χ2n) is 5.81. The number of rotatable bonds is 4. The van der Waals surface area contributed by atoms with Crippen molar-refractivity contribution in [1.82, 2.24) is 4.72 Å². The van der Waals surface area contributed by atoms with Crippen LogP contribution in [-0.2, 0) is 19.6 Å². The van der Waals surface area contributed by atoms with Gasteiger partial charge in [0.25, 0.3) is 0 Å². The van der Waals surface area contributed by atoms with E-state index in [1.54, 1.807) is 39.8 Å². The molecule has 1 rings (SSSR count). The third-order valence-corrected chi connectivity index (χ3v) is 4.49. The number of nitrogens with one attached hydrogen (secondary N) is 1. The molecule has 0 saturated heterocycles. The van der Waals surface area contributed by atoms with Crippen LogP contribution in [0.4, 0.5) is 0 Å². The van der Waals surface area contributed by atoms with Crippen LogP contribution in [0.25, 0.3) is 0 Å². The number of benzene rings is 1. The Morgan fingerprint density at radius 1 is 1.33 bits per heavy atom. The van der Waals surface area contributed by atoms with E-state index in [1.807, 2.05) is 0 Å². The summed E-state index contributed by atoms with van der Waals surface area (Å²) >= 11 is 5.95. The zero-order chi connectivity index (χ0) is 16.4. The lowest BCUT2D eigenvalue weighted by molar-refractivity contribution is -0.156. The van der Waals surface area contributed by atoms with Gasteiger partial charge in [-0.1, -0.05) is 17.7 Å². The van der Waals surface area contributed by atoms with Gasteiger partial charge in [0.1, 0.15) is 16.5 Å². The van der Waals surface area contributed by atoms with Crippen molar-refractivity contribution < 1.29 is 17.9 Å². The molecule has 118 valence electrons. The average Bonchev–Trinajstić information content (AvgIpc) is 2.24. The number of hydrogen-bond acceptors (Lipinski definition) is 4. The van der Waals surface area contributed by atoms with Gasteiger partial charge in [0.2, 0.25) is 10.0 Å². The highest BCUT2D eigenvalue weighted by Crippen LogP contribution is 2.22. The van der Waals surface area contributed by atoms with Crippen LogP contribution >= 0.6 is 11.6 Å². The summed E-state index contributed by atoms with van der Waals surface area (Å²) in [4.78, 5) is 11.8. The Bertz CT molecular complexity index is 635. The Kier molecular flexibility index (Phi) is 5.41. The molecule has 0 saturated carbocycles. The Morgan fingerprint density at radius 2 is 1.90 bits per heavy atom. The van der Waals surface area contributed by atoms with Crippen molar-refractivity contribution >= 4 is 27.6 Å². The molecular weight excluding hydrogens is 314 g/mol. The van der Waals surface area contributed by atoms with Gasteiger partial charge >= 0.3 is 5.97 Å². The molecule has 0 bridgehead atoms. The summed E-state index contributed by atoms with van der Waals surface area (Å²) in [6.07, 6.45) is 0. The van der Waals surface area contributed by atoms with Gasteiger partial charge in [-0.3, -0.25) is 4.79 Å². The average molecular weight is 334 g/mol. The highest BCUT2D eigenvalue weighted by atomic mass is 35.5. The van der Waals surface area contributed by atoms with Gasteiger partial charge in [0.05, 0.1) is 5.02 Å². The lowest BCUT2D eigenvalue weighted by Gasteiger charge is -2.22. The summed E-state index contributed by atoms with van der Waals surface area (Å²) in [6, 6.07) is 3.58. The fraction of sp³-hybridized carbons (Fsp3) is 0.500. The molecule has 1 N–H and O–H groups in total. The minimum Gasteiger partial charge on any atom is -0.459 e. The molecule has 0 aromatic heterocycles. The van der Waals surface area contributed by atoms with Crippen LogP contribution in [-0.4, -0.2) is 26.0 Å². The molecule has 0 unspecified atom stereocenters. The summed E-state index contributed by atoms with van der Waals surface area (Å²) in [5, 5.41) is 0.110. The zero-order valence-electron chi connectivity index (χ0n) is 12.7. The first kappa shape index (κ1) is 17.9. The lowest BCUT2D eigenvalue weighted by Crippen LogP contribution is -2.42. The van der Waals surface area contributed by atoms with Gasteiger partial charge in [-0.15, -0.1) is 0 Å². The first-order valence-corrected chi connectivity index (χ1v) is 8.30. The Morgan fingerprint density at radius 3 is 2.38 bits per heavy atom. The molecule has 1 aromatic rings.